The van der Waals surface area contributed by atoms with Crippen molar-refractivity contribution in [2.45, 2.75) is 33.1 Å². The van der Waals surface area contributed by atoms with Crippen molar-refractivity contribution >= 4 is 5.96 Å². The monoisotopic (exact) mass is 266 g/mol. The van der Waals surface area contributed by atoms with Crippen LogP contribution in [0.5, 0.6) is 0 Å². The van der Waals surface area contributed by atoms with Crippen LogP contribution in [-0.4, -0.2) is 50.1 Å². The van der Waals surface area contributed by atoms with Gasteiger partial charge in [-0.25, -0.2) is 0 Å². The van der Waals surface area contributed by atoms with Gasteiger partial charge in [0.2, 0.25) is 0 Å². The van der Waals surface area contributed by atoms with E-state index >= 15 is 0 Å². The maximum absolute atomic E-state index is 4.67. The number of nitrogens with zero attached hydrogens (tertiary/aromatic N) is 2. The summed E-state index contributed by atoms with van der Waals surface area (Å²) < 4.78 is 0. The molecule has 4 nitrogen and oxygen atoms in total. The summed E-state index contributed by atoms with van der Waals surface area (Å²) in [6.45, 7) is 14.4. The highest BCUT2D eigenvalue weighted by Crippen LogP contribution is 2.17. The van der Waals surface area contributed by atoms with Gasteiger partial charge in [0.05, 0.1) is 0 Å². The number of nitrogens with one attached hydrogen (secondary N) is 2. The second-order valence-electron chi connectivity index (χ2n) is 5.17. The zero-order valence-corrected chi connectivity index (χ0v) is 12.6. The highest BCUT2D eigenvalue weighted by molar-refractivity contribution is 5.79. The second kappa shape index (κ2) is 9.84. The van der Waals surface area contributed by atoms with Gasteiger partial charge < -0.3 is 15.5 Å². The Labute approximate surface area is 118 Å². The number of hydrogen-bond donors (Lipinski definition) is 2. The Bertz CT molecular complexity index is 267. The Morgan fingerprint density at radius 3 is 2.63 bits per heavy atom. The molecule has 0 atom stereocenters. The van der Waals surface area contributed by atoms with Crippen LogP contribution in [0.15, 0.2) is 17.6 Å². The first-order chi connectivity index (χ1) is 9.30. The molecule has 0 unspecified atom stereocenters. The molecule has 1 fully saturated rings. The first-order valence-corrected chi connectivity index (χ1v) is 7.65. The normalized spacial score (nSPS) is 18.3. The molecule has 1 aliphatic rings. The van der Waals surface area contributed by atoms with E-state index in [2.05, 4.69) is 41.0 Å². The van der Waals surface area contributed by atoms with Gasteiger partial charge in [0.25, 0.3) is 0 Å². The van der Waals surface area contributed by atoms with E-state index in [1.165, 1.54) is 38.9 Å². The minimum absolute atomic E-state index is 0.743. The highest BCUT2D eigenvalue weighted by atomic mass is 15.2. The van der Waals surface area contributed by atoms with Crippen molar-refractivity contribution in [1.29, 1.82) is 0 Å². The Kier molecular flexibility index (Phi) is 8.30. The maximum atomic E-state index is 4.67. The van der Waals surface area contributed by atoms with Crippen LogP contribution in [0, 0.1) is 5.92 Å². The molecule has 1 aliphatic heterocycles. The van der Waals surface area contributed by atoms with Crippen LogP contribution in [0.2, 0.25) is 0 Å². The lowest BCUT2D eigenvalue weighted by Crippen LogP contribution is -2.38. The van der Waals surface area contributed by atoms with Gasteiger partial charge in [-0.05, 0) is 51.7 Å². The van der Waals surface area contributed by atoms with Crippen LogP contribution < -0.4 is 10.6 Å². The Morgan fingerprint density at radius 2 is 2.05 bits per heavy atom. The van der Waals surface area contributed by atoms with Crippen molar-refractivity contribution in [2.24, 2.45) is 10.9 Å². The van der Waals surface area contributed by atoms with Crippen LogP contribution in [-0.2, 0) is 0 Å². The third kappa shape index (κ3) is 6.62. The molecule has 0 aromatic carbocycles. The van der Waals surface area contributed by atoms with Crippen molar-refractivity contribution < 1.29 is 0 Å². The van der Waals surface area contributed by atoms with E-state index in [1.54, 1.807) is 0 Å². The molecule has 0 radical (unpaired) electrons. The van der Waals surface area contributed by atoms with Crippen LogP contribution in [0.1, 0.15) is 33.1 Å². The molecule has 110 valence electrons. The van der Waals surface area contributed by atoms with E-state index in [0.717, 1.165) is 31.5 Å². The standard InChI is InChI=1S/C15H30N4/c1-4-9-17-15(16-6-3)18-13-14-7-11-19(10-5-2)12-8-14/h4,14H,1,5-13H2,2-3H3,(H2,16,17,18). The number of piperidine rings is 1. The smallest absolute Gasteiger partial charge is 0.191 e. The molecule has 0 bridgehead atoms. The third-order valence-corrected chi connectivity index (χ3v) is 3.51. The number of likely N-dealkylation sites (tertiary alicyclic amines) is 1. The van der Waals surface area contributed by atoms with Crippen LogP contribution >= 0.6 is 0 Å². The number of rotatable bonds is 7. The van der Waals surface area contributed by atoms with Gasteiger partial charge in [-0.15, -0.1) is 6.58 Å². The first kappa shape index (κ1) is 16.0. The van der Waals surface area contributed by atoms with E-state index < -0.39 is 0 Å². The minimum Gasteiger partial charge on any atom is -0.357 e. The van der Waals surface area contributed by atoms with Crippen molar-refractivity contribution in [2.75, 3.05) is 39.3 Å². The fourth-order valence-corrected chi connectivity index (χ4v) is 2.44. The molecule has 1 rings (SSSR count). The third-order valence-electron chi connectivity index (χ3n) is 3.51. The molecule has 1 heterocycles. The fourth-order valence-electron chi connectivity index (χ4n) is 2.44. The van der Waals surface area contributed by atoms with Crippen LogP contribution in [0.25, 0.3) is 0 Å². The van der Waals surface area contributed by atoms with Gasteiger partial charge in [0.1, 0.15) is 0 Å². The molecule has 0 saturated carbocycles. The summed E-state index contributed by atoms with van der Waals surface area (Å²) in [5.41, 5.74) is 0. The molecule has 1 saturated heterocycles. The van der Waals surface area contributed by atoms with Gasteiger partial charge >= 0.3 is 0 Å². The average Bonchev–Trinajstić information content (AvgIpc) is 2.44. The van der Waals surface area contributed by atoms with E-state index in [0.29, 0.717) is 0 Å². The van der Waals surface area contributed by atoms with Gasteiger partial charge in [-0.1, -0.05) is 13.0 Å². The predicted octanol–water partition coefficient (Wildman–Crippen LogP) is 1.85. The molecular weight excluding hydrogens is 236 g/mol. The largest absolute Gasteiger partial charge is 0.357 e. The van der Waals surface area contributed by atoms with E-state index in [4.69, 9.17) is 0 Å². The van der Waals surface area contributed by atoms with E-state index in [9.17, 15) is 0 Å². The summed E-state index contributed by atoms with van der Waals surface area (Å²) in [6, 6.07) is 0. The first-order valence-electron chi connectivity index (χ1n) is 7.65. The van der Waals surface area contributed by atoms with Crippen molar-refractivity contribution in [3.8, 4) is 0 Å². The lowest BCUT2D eigenvalue weighted by atomic mass is 9.97. The molecule has 0 spiro atoms. The summed E-state index contributed by atoms with van der Waals surface area (Å²) in [5, 5.41) is 6.52. The summed E-state index contributed by atoms with van der Waals surface area (Å²) in [5.74, 6) is 1.66. The Morgan fingerprint density at radius 1 is 1.32 bits per heavy atom. The fraction of sp³-hybridized carbons (Fsp3) is 0.800. The second-order valence-corrected chi connectivity index (χ2v) is 5.17. The molecule has 4 heteroatoms. The molecule has 19 heavy (non-hydrogen) atoms. The minimum atomic E-state index is 0.743. The predicted molar refractivity (Wildman–Crippen MR) is 83.6 cm³/mol. The average molecular weight is 266 g/mol. The van der Waals surface area contributed by atoms with Gasteiger partial charge in [-0.2, -0.15) is 0 Å². The topological polar surface area (TPSA) is 39.7 Å². The molecule has 0 aliphatic carbocycles. The lowest BCUT2D eigenvalue weighted by Gasteiger charge is -2.31. The van der Waals surface area contributed by atoms with Crippen molar-refractivity contribution in [3.05, 3.63) is 12.7 Å². The summed E-state index contributed by atoms with van der Waals surface area (Å²) in [4.78, 5) is 7.24. The molecule has 2 N–H and O–H groups in total. The van der Waals surface area contributed by atoms with Crippen LogP contribution in [0.3, 0.4) is 0 Å². The maximum Gasteiger partial charge on any atom is 0.191 e. The number of aliphatic imine (C=N–C) groups is 1. The number of hydrogen-bond acceptors (Lipinski definition) is 2. The Balaban J connectivity index is 2.31. The summed E-state index contributed by atoms with van der Waals surface area (Å²) >= 11 is 0. The van der Waals surface area contributed by atoms with Crippen molar-refractivity contribution in [3.63, 3.8) is 0 Å². The highest BCUT2D eigenvalue weighted by Gasteiger charge is 2.18. The van der Waals surface area contributed by atoms with E-state index in [1.807, 2.05) is 6.08 Å². The quantitative estimate of drug-likeness (QED) is 0.420. The van der Waals surface area contributed by atoms with Gasteiger partial charge in [0.15, 0.2) is 5.96 Å². The van der Waals surface area contributed by atoms with Gasteiger partial charge in [-0.3, -0.25) is 4.99 Å². The number of guanidine groups is 1. The van der Waals surface area contributed by atoms with Crippen molar-refractivity contribution in [1.82, 2.24) is 15.5 Å². The molecule has 0 amide bonds. The Hall–Kier alpha value is -1.03. The zero-order chi connectivity index (χ0) is 13.9. The summed E-state index contributed by atoms with van der Waals surface area (Å²) in [7, 11) is 0. The zero-order valence-electron chi connectivity index (χ0n) is 12.6. The molecule has 0 aromatic rings. The summed E-state index contributed by atoms with van der Waals surface area (Å²) in [6.07, 6.45) is 5.68. The van der Waals surface area contributed by atoms with Gasteiger partial charge in [0, 0.05) is 19.6 Å². The lowest BCUT2D eigenvalue weighted by molar-refractivity contribution is 0.188. The molecular formula is C15H30N4. The van der Waals surface area contributed by atoms with Crippen LogP contribution in [0.4, 0.5) is 0 Å². The molecule has 0 aromatic heterocycles. The SMILES string of the molecule is C=CCNC(=NCC1CCN(CCC)CC1)NCC. The van der Waals surface area contributed by atoms with E-state index in [-0.39, 0.29) is 0 Å².